The Labute approximate surface area is 203 Å². The highest BCUT2D eigenvalue weighted by Crippen LogP contribution is 2.21. The Hall–Kier alpha value is -2.97. The quantitative estimate of drug-likeness (QED) is 0.267. The van der Waals surface area contributed by atoms with Gasteiger partial charge >= 0.3 is 0 Å². The molecule has 0 saturated carbocycles. The van der Waals surface area contributed by atoms with Crippen LogP contribution in [0.2, 0.25) is 0 Å². The molecule has 2 aromatic carbocycles. The van der Waals surface area contributed by atoms with Crippen molar-refractivity contribution in [3.63, 3.8) is 0 Å². The number of carbonyl (C=O) groups excluding carboxylic acids is 2. The Morgan fingerprint density at radius 2 is 1.91 bits per heavy atom. The van der Waals surface area contributed by atoms with E-state index in [2.05, 4.69) is 10.3 Å². The van der Waals surface area contributed by atoms with E-state index in [4.69, 9.17) is 4.74 Å². The number of thioether (sulfide) groups is 1. The molecule has 1 heterocycles. The number of methoxy groups -OCH3 is 1. The minimum absolute atomic E-state index is 0.0272. The van der Waals surface area contributed by atoms with Crippen LogP contribution in [-0.2, 0) is 11.3 Å². The minimum atomic E-state index is -0.224. The molecule has 0 aliphatic rings. The maximum Gasteiger partial charge on any atom is 0.262 e. The molecule has 34 heavy (non-hydrogen) atoms. The zero-order chi connectivity index (χ0) is 24.8. The first kappa shape index (κ1) is 25.6. The molecule has 0 unspecified atom stereocenters. The molecule has 7 nitrogen and oxygen atoms in total. The number of hydrogen-bond acceptors (Lipinski definition) is 6. The van der Waals surface area contributed by atoms with Crippen LogP contribution in [0.25, 0.3) is 10.9 Å². The van der Waals surface area contributed by atoms with Gasteiger partial charge in [-0.05, 0) is 49.6 Å². The molecule has 3 aromatic rings. The highest BCUT2D eigenvalue weighted by Gasteiger charge is 2.17. The van der Waals surface area contributed by atoms with Crippen molar-refractivity contribution in [3.05, 3.63) is 69.0 Å². The van der Waals surface area contributed by atoms with Gasteiger partial charge in [0.15, 0.2) is 10.9 Å². The van der Waals surface area contributed by atoms with E-state index in [9.17, 15) is 14.4 Å². The van der Waals surface area contributed by atoms with Gasteiger partial charge < -0.3 is 10.1 Å². The van der Waals surface area contributed by atoms with Gasteiger partial charge in [-0.1, -0.05) is 43.3 Å². The largest absolute Gasteiger partial charge is 0.383 e. The lowest BCUT2D eigenvalue weighted by atomic mass is 10.0. The SMILES string of the molecule is COCCn1c(SCC(=O)c2cc(C)ccc2C)nc2cc(C(=O)NCC(C)C)ccc2c1=O. The summed E-state index contributed by atoms with van der Waals surface area (Å²) in [5, 5.41) is 3.73. The predicted molar refractivity (Wildman–Crippen MR) is 136 cm³/mol. The van der Waals surface area contributed by atoms with E-state index < -0.39 is 0 Å². The number of ether oxygens (including phenoxy) is 1. The lowest BCUT2D eigenvalue weighted by Crippen LogP contribution is -2.28. The molecular formula is C26H31N3O4S. The molecule has 1 amide bonds. The summed E-state index contributed by atoms with van der Waals surface area (Å²) in [5.41, 5.74) is 3.25. The van der Waals surface area contributed by atoms with E-state index in [0.29, 0.717) is 52.8 Å². The van der Waals surface area contributed by atoms with Crippen molar-refractivity contribution in [2.75, 3.05) is 26.0 Å². The Balaban J connectivity index is 1.95. The van der Waals surface area contributed by atoms with Gasteiger partial charge in [0.05, 0.1) is 29.8 Å². The number of amides is 1. The zero-order valence-corrected chi connectivity index (χ0v) is 21.1. The average Bonchev–Trinajstić information content (AvgIpc) is 2.81. The summed E-state index contributed by atoms with van der Waals surface area (Å²) >= 11 is 1.22. The summed E-state index contributed by atoms with van der Waals surface area (Å²) in [5.74, 6) is 0.234. The number of benzene rings is 2. The van der Waals surface area contributed by atoms with Crippen LogP contribution in [0.5, 0.6) is 0 Å². The molecule has 0 bridgehead atoms. The summed E-state index contributed by atoms with van der Waals surface area (Å²) in [6, 6.07) is 10.7. The molecule has 180 valence electrons. The first-order chi connectivity index (χ1) is 16.2. The van der Waals surface area contributed by atoms with Crippen molar-refractivity contribution in [2.24, 2.45) is 5.92 Å². The average molecular weight is 482 g/mol. The van der Waals surface area contributed by atoms with Crippen molar-refractivity contribution < 1.29 is 14.3 Å². The number of hydrogen-bond donors (Lipinski definition) is 1. The molecule has 0 fully saturated rings. The third kappa shape index (κ3) is 6.12. The monoisotopic (exact) mass is 481 g/mol. The zero-order valence-electron chi connectivity index (χ0n) is 20.3. The molecule has 0 aliphatic heterocycles. The second-order valence-corrected chi connectivity index (χ2v) is 9.65. The van der Waals surface area contributed by atoms with Crippen LogP contribution < -0.4 is 10.9 Å². The highest BCUT2D eigenvalue weighted by atomic mass is 32.2. The molecule has 0 aliphatic carbocycles. The second kappa shape index (κ2) is 11.4. The van der Waals surface area contributed by atoms with Gasteiger partial charge in [0.25, 0.3) is 11.5 Å². The van der Waals surface area contributed by atoms with Crippen LogP contribution in [0.1, 0.15) is 45.7 Å². The number of aryl methyl sites for hydroxylation is 2. The number of carbonyl (C=O) groups is 2. The van der Waals surface area contributed by atoms with Gasteiger partial charge in [0.1, 0.15) is 0 Å². The summed E-state index contributed by atoms with van der Waals surface area (Å²) in [7, 11) is 1.57. The minimum Gasteiger partial charge on any atom is -0.383 e. The third-order valence-electron chi connectivity index (χ3n) is 5.40. The maximum atomic E-state index is 13.2. The summed E-state index contributed by atoms with van der Waals surface area (Å²) in [4.78, 5) is 43.3. The fourth-order valence-corrected chi connectivity index (χ4v) is 4.38. The van der Waals surface area contributed by atoms with Gasteiger partial charge in [0.2, 0.25) is 0 Å². The first-order valence-electron chi connectivity index (χ1n) is 11.3. The van der Waals surface area contributed by atoms with Crippen molar-refractivity contribution in [3.8, 4) is 0 Å². The predicted octanol–water partition coefficient (Wildman–Crippen LogP) is 4.02. The molecule has 3 rings (SSSR count). The number of nitrogens with zero attached hydrogens (tertiary/aromatic N) is 2. The first-order valence-corrected chi connectivity index (χ1v) is 12.2. The van der Waals surface area contributed by atoms with Crippen LogP contribution in [0.4, 0.5) is 0 Å². The van der Waals surface area contributed by atoms with E-state index in [-0.39, 0.29) is 23.0 Å². The molecular weight excluding hydrogens is 450 g/mol. The number of Topliss-reactive ketones (excluding diaryl/α,β-unsaturated/α-hetero) is 1. The summed E-state index contributed by atoms with van der Waals surface area (Å²) in [6.07, 6.45) is 0. The van der Waals surface area contributed by atoms with Gasteiger partial charge in [-0.2, -0.15) is 0 Å². The number of ketones is 1. The summed E-state index contributed by atoms with van der Waals surface area (Å²) in [6.45, 7) is 9.11. The van der Waals surface area contributed by atoms with Gasteiger partial charge in [-0.3, -0.25) is 19.0 Å². The van der Waals surface area contributed by atoms with E-state index in [1.807, 2.05) is 45.9 Å². The molecule has 1 N–H and O–H groups in total. The summed E-state index contributed by atoms with van der Waals surface area (Å²) < 4.78 is 6.70. The lowest BCUT2D eigenvalue weighted by molar-refractivity contribution is 0.0948. The lowest BCUT2D eigenvalue weighted by Gasteiger charge is -2.14. The van der Waals surface area contributed by atoms with Crippen molar-refractivity contribution in [2.45, 2.75) is 39.4 Å². The van der Waals surface area contributed by atoms with E-state index in [0.717, 1.165) is 11.1 Å². The highest BCUT2D eigenvalue weighted by molar-refractivity contribution is 7.99. The Morgan fingerprint density at radius 1 is 1.15 bits per heavy atom. The number of aromatic nitrogens is 2. The molecule has 0 saturated heterocycles. The molecule has 1 aromatic heterocycles. The molecule has 0 atom stereocenters. The topological polar surface area (TPSA) is 90.3 Å². The van der Waals surface area contributed by atoms with Crippen molar-refractivity contribution >= 4 is 34.4 Å². The van der Waals surface area contributed by atoms with Crippen LogP contribution in [-0.4, -0.2) is 47.3 Å². The fraction of sp³-hybridized carbons (Fsp3) is 0.385. The van der Waals surface area contributed by atoms with Gasteiger partial charge in [0, 0.05) is 24.8 Å². The standard InChI is InChI=1S/C26H31N3O4S/c1-16(2)14-27-24(31)19-8-9-20-22(13-19)28-26(29(25(20)32)10-11-33-5)34-15-23(30)21-12-17(3)6-7-18(21)4/h6-9,12-13,16H,10-11,14-15H2,1-5H3,(H,27,31). The van der Waals surface area contributed by atoms with Crippen LogP contribution in [0.3, 0.4) is 0 Å². The molecule has 0 radical (unpaired) electrons. The number of rotatable bonds is 10. The molecule has 8 heteroatoms. The Kier molecular flexibility index (Phi) is 8.63. The normalized spacial score (nSPS) is 11.2. The third-order valence-corrected chi connectivity index (χ3v) is 6.37. The van der Waals surface area contributed by atoms with E-state index in [1.165, 1.54) is 16.3 Å². The van der Waals surface area contributed by atoms with Crippen molar-refractivity contribution in [1.82, 2.24) is 14.9 Å². The Bertz CT molecular complexity index is 1270. The van der Waals surface area contributed by atoms with Crippen LogP contribution >= 0.6 is 11.8 Å². The van der Waals surface area contributed by atoms with Gasteiger partial charge in [-0.15, -0.1) is 0 Å². The fourth-order valence-electron chi connectivity index (χ4n) is 3.47. The van der Waals surface area contributed by atoms with Crippen LogP contribution in [0, 0.1) is 19.8 Å². The van der Waals surface area contributed by atoms with Gasteiger partial charge in [-0.25, -0.2) is 4.98 Å². The molecule has 0 spiro atoms. The second-order valence-electron chi connectivity index (χ2n) is 8.71. The number of fused-ring (bicyclic) bond motifs is 1. The van der Waals surface area contributed by atoms with Crippen molar-refractivity contribution in [1.29, 1.82) is 0 Å². The smallest absolute Gasteiger partial charge is 0.262 e. The number of nitrogens with one attached hydrogen (secondary N) is 1. The van der Waals surface area contributed by atoms with E-state index >= 15 is 0 Å². The van der Waals surface area contributed by atoms with E-state index in [1.54, 1.807) is 25.3 Å². The Morgan fingerprint density at radius 3 is 2.62 bits per heavy atom. The van der Waals surface area contributed by atoms with Crippen LogP contribution in [0.15, 0.2) is 46.3 Å². The maximum absolute atomic E-state index is 13.2.